The van der Waals surface area contributed by atoms with Gasteiger partial charge in [0.25, 0.3) is 15.9 Å². The van der Waals surface area contributed by atoms with Gasteiger partial charge in [-0.25, -0.2) is 21.6 Å². The molecule has 0 aliphatic carbocycles. The summed E-state index contributed by atoms with van der Waals surface area (Å²) in [5, 5.41) is 0.311. The lowest BCUT2D eigenvalue weighted by Crippen LogP contribution is -2.34. The molecule has 1 unspecified atom stereocenters. The van der Waals surface area contributed by atoms with Crippen LogP contribution in [0.15, 0.2) is 95.9 Å². The molecule has 4 aromatic carbocycles. The van der Waals surface area contributed by atoms with Crippen molar-refractivity contribution in [3.63, 3.8) is 0 Å². The van der Waals surface area contributed by atoms with Crippen LogP contribution in [0, 0.1) is 17.5 Å². The topological polar surface area (TPSA) is 66.9 Å². The molecular formula is C31H28ClF3N2O4S. The SMILES string of the molecule is CC(c1ccccc1OCCCN(C)C(=O)c1ccccc1F)N(c1cc(F)ccc1F)S(=O)(=O)c1ccc(Cl)cc1. The third-order valence-corrected chi connectivity index (χ3v) is 8.73. The van der Waals surface area contributed by atoms with Crippen molar-refractivity contribution in [2.45, 2.75) is 24.3 Å². The summed E-state index contributed by atoms with van der Waals surface area (Å²) in [4.78, 5) is 13.8. The second-order valence-electron chi connectivity index (χ2n) is 9.47. The molecule has 0 radical (unpaired) electrons. The first-order chi connectivity index (χ1) is 20.0. The van der Waals surface area contributed by atoms with Gasteiger partial charge in [-0.05, 0) is 67.9 Å². The van der Waals surface area contributed by atoms with E-state index in [4.69, 9.17) is 16.3 Å². The van der Waals surface area contributed by atoms with Gasteiger partial charge in [0.15, 0.2) is 0 Å². The minimum absolute atomic E-state index is 0.0355. The summed E-state index contributed by atoms with van der Waals surface area (Å²) in [6.45, 7) is 1.94. The smallest absolute Gasteiger partial charge is 0.264 e. The van der Waals surface area contributed by atoms with E-state index in [0.29, 0.717) is 22.8 Å². The lowest BCUT2D eigenvalue weighted by Gasteiger charge is -2.32. The molecule has 11 heteroatoms. The summed E-state index contributed by atoms with van der Waals surface area (Å²) >= 11 is 5.95. The summed E-state index contributed by atoms with van der Waals surface area (Å²) in [7, 11) is -2.86. The largest absolute Gasteiger partial charge is 0.493 e. The molecule has 0 bridgehead atoms. The lowest BCUT2D eigenvalue weighted by molar-refractivity contribution is 0.0783. The molecule has 0 N–H and O–H groups in total. The molecule has 0 fully saturated rings. The predicted octanol–water partition coefficient (Wildman–Crippen LogP) is 7.25. The summed E-state index contributed by atoms with van der Waals surface area (Å²) in [6, 6.07) is 19.3. The Kier molecular flexibility index (Phi) is 9.80. The van der Waals surface area contributed by atoms with Crippen LogP contribution < -0.4 is 9.04 Å². The molecular weight excluding hydrogens is 589 g/mol. The summed E-state index contributed by atoms with van der Waals surface area (Å²) in [5.74, 6) is -2.50. The van der Waals surface area contributed by atoms with Gasteiger partial charge in [-0.15, -0.1) is 0 Å². The Labute approximate surface area is 248 Å². The number of halogens is 4. The molecule has 42 heavy (non-hydrogen) atoms. The highest BCUT2D eigenvalue weighted by Crippen LogP contribution is 2.38. The standard InChI is InChI=1S/C31H28ClF3N2O4S/c1-21(37(29-20-23(33)14-17-28(29)35)42(39,40)24-15-12-22(32)13-16-24)25-8-4-6-11-30(25)41-19-7-18-36(2)31(38)26-9-3-5-10-27(26)34/h3-6,8-17,20-21H,7,18-19H2,1-2H3. The average molecular weight is 617 g/mol. The number of anilines is 1. The number of nitrogens with zero attached hydrogens (tertiary/aromatic N) is 2. The van der Waals surface area contributed by atoms with Crippen molar-refractivity contribution in [1.82, 2.24) is 4.90 Å². The maximum Gasteiger partial charge on any atom is 0.264 e. The van der Waals surface area contributed by atoms with Crippen LogP contribution in [0.1, 0.15) is 35.3 Å². The van der Waals surface area contributed by atoms with Gasteiger partial charge in [0.2, 0.25) is 0 Å². The lowest BCUT2D eigenvalue weighted by atomic mass is 10.1. The Bertz CT molecular complexity index is 1670. The Hall–Kier alpha value is -4.02. The van der Waals surface area contributed by atoms with E-state index in [2.05, 4.69) is 0 Å². The van der Waals surface area contributed by atoms with Crippen LogP contribution in [0.4, 0.5) is 18.9 Å². The quantitative estimate of drug-likeness (QED) is 0.166. The number of hydrogen-bond acceptors (Lipinski definition) is 4. The van der Waals surface area contributed by atoms with Crippen molar-refractivity contribution < 1.29 is 31.1 Å². The van der Waals surface area contributed by atoms with Crippen LogP contribution in [0.5, 0.6) is 5.75 Å². The molecule has 0 spiro atoms. The normalized spacial score (nSPS) is 12.0. The van der Waals surface area contributed by atoms with Crippen LogP contribution >= 0.6 is 11.6 Å². The second kappa shape index (κ2) is 13.3. The van der Waals surface area contributed by atoms with E-state index in [1.807, 2.05) is 0 Å². The van der Waals surface area contributed by atoms with Gasteiger partial charge in [-0.2, -0.15) is 0 Å². The Balaban J connectivity index is 1.58. The first kappa shape index (κ1) is 30.9. The highest BCUT2D eigenvalue weighted by atomic mass is 35.5. The number of amides is 1. The molecule has 0 heterocycles. The molecule has 0 aliphatic heterocycles. The number of para-hydroxylation sites is 1. The van der Waals surface area contributed by atoms with Crippen LogP contribution in [0.3, 0.4) is 0 Å². The zero-order valence-corrected chi connectivity index (χ0v) is 24.4. The molecule has 0 saturated heterocycles. The van der Waals surface area contributed by atoms with Crippen LogP contribution in [-0.4, -0.2) is 39.4 Å². The molecule has 4 aromatic rings. The zero-order valence-electron chi connectivity index (χ0n) is 22.8. The van der Waals surface area contributed by atoms with Crippen LogP contribution in [0.2, 0.25) is 5.02 Å². The number of rotatable bonds is 11. The van der Waals surface area contributed by atoms with Crippen molar-refractivity contribution in [1.29, 1.82) is 0 Å². The van der Waals surface area contributed by atoms with E-state index in [1.165, 1.54) is 47.4 Å². The number of carbonyl (C=O) groups excluding carboxylic acids is 1. The molecule has 0 aromatic heterocycles. The van der Waals surface area contributed by atoms with E-state index in [0.717, 1.165) is 22.5 Å². The Morgan fingerprint density at radius 2 is 1.57 bits per heavy atom. The van der Waals surface area contributed by atoms with E-state index >= 15 is 4.39 Å². The summed E-state index contributed by atoms with van der Waals surface area (Å²) in [6.07, 6.45) is 0.380. The van der Waals surface area contributed by atoms with Crippen molar-refractivity contribution in [2.75, 3.05) is 24.5 Å². The number of benzene rings is 4. The number of hydrogen-bond donors (Lipinski definition) is 0. The monoisotopic (exact) mass is 616 g/mol. The minimum Gasteiger partial charge on any atom is -0.493 e. The van der Waals surface area contributed by atoms with Gasteiger partial charge in [-0.1, -0.05) is 41.9 Å². The fourth-order valence-electron chi connectivity index (χ4n) is 4.43. The van der Waals surface area contributed by atoms with E-state index in [1.54, 1.807) is 44.3 Å². The zero-order chi connectivity index (χ0) is 30.4. The van der Waals surface area contributed by atoms with E-state index in [9.17, 15) is 22.0 Å². The fraction of sp³-hybridized carbons (Fsp3) is 0.194. The number of ether oxygens (including phenoxy) is 1. The highest BCUT2D eigenvalue weighted by molar-refractivity contribution is 7.92. The number of sulfonamides is 1. The van der Waals surface area contributed by atoms with Gasteiger partial charge >= 0.3 is 0 Å². The first-order valence-corrected chi connectivity index (χ1v) is 14.8. The predicted molar refractivity (Wildman–Crippen MR) is 156 cm³/mol. The minimum atomic E-state index is -4.41. The van der Waals surface area contributed by atoms with Crippen LogP contribution in [-0.2, 0) is 10.0 Å². The molecule has 220 valence electrons. The van der Waals surface area contributed by atoms with E-state index in [-0.39, 0.29) is 23.6 Å². The third-order valence-electron chi connectivity index (χ3n) is 6.58. The average Bonchev–Trinajstić information content (AvgIpc) is 2.97. The van der Waals surface area contributed by atoms with Gasteiger partial charge in [0.1, 0.15) is 23.2 Å². The Morgan fingerprint density at radius 1 is 0.905 bits per heavy atom. The molecule has 1 amide bonds. The number of carbonyl (C=O) groups is 1. The van der Waals surface area contributed by atoms with Crippen molar-refractivity contribution in [2.24, 2.45) is 0 Å². The highest BCUT2D eigenvalue weighted by Gasteiger charge is 2.34. The summed E-state index contributed by atoms with van der Waals surface area (Å²) in [5.41, 5.74) is -0.110. The van der Waals surface area contributed by atoms with E-state index < -0.39 is 45.1 Å². The van der Waals surface area contributed by atoms with Gasteiger partial charge < -0.3 is 9.64 Å². The Morgan fingerprint density at radius 3 is 2.29 bits per heavy atom. The summed E-state index contributed by atoms with van der Waals surface area (Å²) < 4.78 is 77.9. The van der Waals surface area contributed by atoms with Crippen LogP contribution in [0.25, 0.3) is 0 Å². The molecule has 4 rings (SSSR count). The maximum absolute atomic E-state index is 15.1. The van der Waals surface area contributed by atoms with Gasteiger partial charge in [0, 0.05) is 30.2 Å². The molecule has 0 aliphatic rings. The molecule has 0 saturated carbocycles. The third kappa shape index (κ3) is 6.88. The van der Waals surface area contributed by atoms with Crippen molar-refractivity contribution in [3.8, 4) is 5.75 Å². The molecule has 1 atom stereocenters. The second-order valence-corrected chi connectivity index (χ2v) is 11.7. The first-order valence-electron chi connectivity index (χ1n) is 13.0. The molecule has 6 nitrogen and oxygen atoms in total. The maximum atomic E-state index is 15.1. The van der Waals surface area contributed by atoms with Crippen molar-refractivity contribution in [3.05, 3.63) is 125 Å². The van der Waals surface area contributed by atoms with Gasteiger partial charge in [-0.3, -0.25) is 9.10 Å². The fourth-order valence-corrected chi connectivity index (χ4v) is 6.19. The van der Waals surface area contributed by atoms with Gasteiger partial charge in [0.05, 0.1) is 28.8 Å². The van der Waals surface area contributed by atoms with Crippen molar-refractivity contribution >= 4 is 33.2 Å².